The van der Waals surface area contributed by atoms with Crippen molar-refractivity contribution in [3.8, 4) is 0 Å². The van der Waals surface area contributed by atoms with Crippen molar-refractivity contribution in [2.75, 3.05) is 4.90 Å². The van der Waals surface area contributed by atoms with Gasteiger partial charge in [0.1, 0.15) is 0 Å². The molecule has 0 aliphatic carbocycles. The van der Waals surface area contributed by atoms with Crippen molar-refractivity contribution in [3.05, 3.63) is 59.4 Å². The number of amides is 1. The standard InChI is InChI=1S/C17H15N3OS/c1-12-10-13-4-2-3-5-15(13)20(12)16(21)7-6-14-11-18-17-19(14)8-9-22-17/h2-9,11-12H,10H2,1H3/b7-6+. The van der Waals surface area contributed by atoms with Crippen molar-refractivity contribution in [2.24, 2.45) is 0 Å². The topological polar surface area (TPSA) is 37.6 Å². The second-order valence-electron chi connectivity index (χ2n) is 5.46. The van der Waals surface area contributed by atoms with Crippen LogP contribution in [0.15, 0.2) is 48.1 Å². The van der Waals surface area contributed by atoms with E-state index in [1.54, 1.807) is 23.6 Å². The highest BCUT2D eigenvalue weighted by atomic mass is 32.1. The normalized spacial score (nSPS) is 17.5. The molecule has 1 aromatic carbocycles. The van der Waals surface area contributed by atoms with Crippen molar-refractivity contribution in [1.82, 2.24) is 9.38 Å². The third-order valence-corrected chi connectivity index (χ3v) is 4.79. The Kier molecular flexibility index (Phi) is 3.08. The van der Waals surface area contributed by atoms with Crippen molar-refractivity contribution in [1.29, 1.82) is 0 Å². The fourth-order valence-electron chi connectivity index (χ4n) is 3.01. The van der Waals surface area contributed by atoms with Gasteiger partial charge in [-0.1, -0.05) is 18.2 Å². The zero-order chi connectivity index (χ0) is 15.1. The summed E-state index contributed by atoms with van der Waals surface area (Å²) in [6.45, 7) is 2.08. The fourth-order valence-corrected chi connectivity index (χ4v) is 3.70. The molecule has 22 heavy (non-hydrogen) atoms. The minimum absolute atomic E-state index is 0.0163. The summed E-state index contributed by atoms with van der Waals surface area (Å²) >= 11 is 1.58. The number of hydrogen-bond donors (Lipinski definition) is 0. The monoisotopic (exact) mass is 309 g/mol. The maximum Gasteiger partial charge on any atom is 0.251 e. The molecular weight excluding hydrogens is 294 g/mol. The maximum atomic E-state index is 12.6. The first-order valence-electron chi connectivity index (χ1n) is 7.24. The first kappa shape index (κ1) is 13.3. The van der Waals surface area contributed by atoms with Crippen LogP contribution < -0.4 is 4.90 Å². The molecule has 3 heterocycles. The van der Waals surface area contributed by atoms with Crippen LogP contribution in [0.1, 0.15) is 18.2 Å². The quantitative estimate of drug-likeness (QED) is 0.681. The van der Waals surface area contributed by atoms with E-state index in [9.17, 15) is 4.79 Å². The Labute approximate surface area is 132 Å². The van der Waals surface area contributed by atoms with Gasteiger partial charge in [-0.05, 0) is 31.1 Å². The van der Waals surface area contributed by atoms with Gasteiger partial charge in [0.15, 0.2) is 4.96 Å². The third-order valence-electron chi connectivity index (χ3n) is 4.02. The third kappa shape index (κ3) is 2.05. The van der Waals surface area contributed by atoms with Crippen molar-refractivity contribution >= 4 is 34.0 Å². The molecule has 0 fully saturated rings. The number of nitrogens with zero attached hydrogens (tertiary/aromatic N) is 3. The second kappa shape index (κ2) is 5.10. The van der Waals surface area contributed by atoms with Crippen LogP contribution in [-0.4, -0.2) is 21.3 Å². The molecule has 0 N–H and O–H groups in total. The van der Waals surface area contributed by atoms with Crippen LogP contribution >= 0.6 is 11.3 Å². The number of hydrogen-bond acceptors (Lipinski definition) is 3. The van der Waals surface area contributed by atoms with Crippen LogP contribution in [0.2, 0.25) is 0 Å². The Bertz CT molecular complexity index is 877. The number of carbonyl (C=O) groups is 1. The number of anilines is 1. The van der Waals surface area contributed by atoms with Crippen LogP contribution in [0.5, 0.6) is 0 Å². The zero-order valence-electron chi connectivity index (χ0n) is 12.1. The van der Waals surface area contributed by atoms with E-state index in [2.05, 4.69) is 18.0 Å². The molecule has 0 spiro atoms. The highest BCUT2D eigenvalue weighted by Gasteiger charge is 2.29. The molecule has 3 aromatic rings. The molecule has 4 nitrogen and oxygen atoms in total. The minimum Gasteiger partial charge on any atom is -0.305 e. The molecule has 0 bridgehead atoms. The van der Waals surface area contributed by atoms with Gasteiger partial charge in [-0.25, -0.2) is 4.98 Å². The van der Waals surface area contributed by atoms with Gasteiger partial charge in [0, 0.05) is 29.4 Å². The first-order chi connectivity index (χ1) is 10.7. The summed E-state index contributed by atoms with van der Waals surface area (Å²) in [5, 5.41) is 1.99. The van der Waals surface area contributed by atoms with Gasteiger partial charge in [0.25, 0.3) is 5.91 Å². The van der Waals surface area contributed by atoms with E-state index in [-0.39, 0.29) is 11.9 Å². The summed E-state index contributed by atoms with van der Waals surface area (Å²) in [5.74, 6) is 0.0163. The molecule has 2 aromatic heterocycles. The highest BCUT2D eigenvalue weighted by molar-refractivity contribution is 7.15. The lowest BCUT2D eigenvalue weighted by Crippen LogP contribution is -2.34. The predicted molar refractivity (Wildman–Crippen MR) is 89.2 cm³/mol. The summed E-state index contributed by atoms with van der Waals surface area (Å²) in [7, 11) is 0. The van der Waals surface area contributed by atoms with Crippen molar-refractivity contribution in [3.63, 3.8) is 0 Å². The summed E-state index contributed by atoms with van der Waals surface area (Å²) < 4.78 is 1.98. The Hall–Kier alpha value is -2.40. The molecular formula is C17H15N3OS. The maximum absolute atomic E-state index is 12.6. The van der Waals surface area contributed by atoms with E-state index in [0.717, 1.165) is 22.8 Å². The molecule has 110 valence electrons. The fraction of sp³-hybridized carbons (Fsp3) is 0.176. The Morgan fingerprint density at radius 1 is 1.41 bits per heavy atom. The zero-order valence-corrected chi connectivity index (χ0v) is 13.0. The van der Waals surface area contributed by atoms with E-state index in [1.165, 1.54) is 5.56 Å². The molecule has 0 saturated heterocycles. The lowest BCUT2D eigenvalue weighted by Gasteiger charge is -2.20. The molecule has 4 rings (SSSR count). The molecule has 1 atom stereocenters. The van der Waals surface area contributed by atoms with Crippen LogP contribution in [0.4, 0.5) is 5.69 Å². The van der Waals surface area contributed by atoms with Crippen LogP contribution in [0.25, 0.3) is 11.0 Å². The molecule has 1 aliphatic heterocycles. The Balaban J connectivity index is 1.62. The van der Waals surface area contributed by atoms with Crippen molar-refractivity contribution < 1.29 is 4.79 Å². The highest BCUT2D eigenvalue weighted by Crippen LogP contribution is 2.32. The predicted octanol–water partition coefficient (Wildman–Crippen LogP) is 3.39. The second-order valence-corrected chi connectivity index (χ2v) is 6.34. The van der Waals surface area contributed by atoms with Gasteiger partial charge in [0.05, 0.1) is 11.9 Å². The van der Waals surface area contributed by atoms with Crippen LogP contribution in [-0.2, 0) is 11.2 Å². The molecule has 1 unspecified atom stereocenters. The molecule has 0 saturated carbocycles. The molecule has 5 heteroatoms. The number of benzene rings is 1. The smallest absolute Gasteiger partial charge is 0.251 e. The Morgan fingerprint density at radius 3 is 3.18 bits per heavy atom. The number of para-hydroxylation sites is 1. The number of imidazole rings is 1. The summed E-state index contributed by atoms with van der Waals surface area (Å²) in [4.78, 5) is 19.7. The van der Waals surface area contributed by atoms with Gasteiger partial charge in [-0.15, -0.1) is 11.3 Å². The SMILES string of the molecule is CC1Cc2ccccc2N1C(=O)/C=C/c1cnc2sccn12. The molecule has 1 aliphatic rings. The van der Waals surface area contributed by atoms with Gasteiger partial charge < -0.3 is 4.90 Å². The first-order valence-corrected chi connectivity index (χ1v) is 8.12. The lowest BCUT2D eigenvalue weighted by molar-refractivity contribution is -0.114. The van der Waals surface area contributed by atoms with Crippen LogP contribution in [0, 0.1) is 0 Å². The number of rotatable bonds is 2. The van der Waals surface area contributed by atoms with Gasteiger partial charge in [-0.2, -0.15) is 0 Å². The van der Waals surface area contributed by atoms with Gasteiger partial charge >= 0.3 is 0 Å². The number of fused-ring (bicyclic) bond motifs is 2. The molecule has 0 radical (unpaired) electrons. The average Bonchev–Trinajstić information content (AvgIpc) is 3.18. The van der Waals surface area contributed by atoms with E-state index < -0.39 is 0 Å². The van der Waals surface area contributed by atoms with Gasteiger partial charge in [-0.3, -0.25) is 9.20 Å². The number of carbonyl (C=O) groups excluding carboxylic acids is 1. The van der Waals surface area contributed by atoms with Crippen LogP contribution in [0.3, 0.4) is 0 Å². The number of thiazole rings is 1. The summed E-state index contributed by atoms with van der Waals surface area (Å²) in [6, 6.07) is 8.30. The van der Waals surface area contributed by atoms with Crippen molar-refractivity contribution in [2.45, 2.75) is 19.4 Å². The largest absolute Gasteiger partial charge is 0.305 e. The lowest BCUT2D eigenvalue weighted by atomic mass is 10.1. The Morgan fingerprint density at radius 2 is 2.27 bits per heavy atom. The number of aromatic nitrogens is 2. The van der Waals surface area contributed by atoms with E-state index in [4.69, 9.17) is 0 Å². The summed E-state index contributed by atoms with van der Waals surface area (Å²) in [5.41, 5.74) is 3.18. The summed E-state index contributed by atoms with van der Waals surface area (Å²) in [6.07, 6.45) is 8.14. The van der Waals surface area contributed by atoms with Gasteiger partial charge in [0.2, 0.25) is 0 Å². The average molecular weight is 309 g/mol. The van der Waals surface area contributed by atoms with E-state index in [1.807, 2.05) is 45.2 Å². The minimum atomic E-state index is 0.0163. The molecule has 1 amide bonds. The van der Waals surface area contributed by atoms with E-state index >= 15 is 0 Å². The van der Waals surface area contributed by atoms with E-state index in [0.29, 0.717) is 0 Å².